The minimum absolute atomic E-state index is 0.166. The molecule has 0 bridgehead atoms. The zero-order chi connectivity index (χ0) is 21.7. The van der Waals surface area contributed by atoms with Crippen molar-refractivity contribution in [3.8, 4) is 0 Å². The van der Waals surface area contributed by atoms with Crippen LogP contribution >= 0.6 is 0 Å². The molecule has 0 aromatic carbocycles. The zero-order valence-electron chi connectivity index (χ0n) is 19.5. The fraction of sp³-hybridized carbons (Fsp3) is 0.852. The Kier molecular flexibility index (Phi) is 5.96. The summed E-state index contributed by atoms with van der Waals surface area (Å²) in [6.45, 7) is 9.32. The number of fused-ring (bicyclic) bond motifs is 5. The van der Waals surface area contributed by atoms with Gasteiger partial charge in [-0.1, -0.05) is 46.6 Å². The highest BCUT2D eigenvalue weighted by atomic mass is 16.4. The van der Waals surface area contributed by atoms with Crippen LogP contribution < -0.4 is 0 Å². The van der Waals surface area contributed by atoms with Crippen LogP contribution in [0.25, 0.3) is 0 Å². The summed E-state index contributed by atoms with van der Waals surface area (Å²) < 4.78 is 0. The summed E-state index contributed by atoms with van der Waals surface area (Å²) >= 11 is 0. The molecule has 0 amide bonds. The van der Waals surface area contributed by atoms with Gasteiger partial charge in [-0.05, 0) is 97.4 Å². The van der Waals surface area contributed by atoms with Gasteiger partial charge in [0.1, 0.15) is 0 Å². The van der Waals surface area contributed by atoms with Gasteiger partial charge < -0.3 is 5.11 Å². The molecule has 1 N–H and O–H groups in total. The molecule has 0 aromatic heterocycles. The number of allylic oxidation sites excluding steroid dienone is 2. The van der Waals surface area contributed by atoms with E-state index in [9.17, 15) is 14.7 Å². The largest absolute Gasteiger partial charge is 0.481 e. The quantitative estimate of drug-likeness (QED) is 0.538. The SMILES string of the molecule is CC(C)CCC[C@@H](C(=O)O)[C@H]1CC[C@H]2[C@@H]3CC[C@H]4CC(=O)C=C[C@]4(C)[C@H]3CC[C@]12C. The highest BCUT2D eigenvalue weighted by Crippen LogP contribution is 2.67. The van der Waals surface area contributed by atoms with Crippen LogP contribution in [0.2, 0.25) is 0 Å². The van der Waals surface area contributed by atoms with Crippen molar-refractivity contribution >= 4 is 11.8 Å². The molecule has 3 fully saturated rings. The highest BCUT2D eigenvalue weighted by Gasteiger charge is 2.60. The summed E-state index contributed by atoms with van der Waals surface area (Å²) in [6.07, 6.45) is 15.0. The second-order valence-corrected chi connectivity index (χ2v) is 12.0. The number of hydrogen-bond donors (Lipinski definition) is 1. The minimum atomic E-state index is -0.558. The Bertz CT molecular complexity index is 709. The van der Waals surface area contributed by atoms with Gasteiger partial charge in [0, 0.05) is 6.42 Å². The normalized spacial score (nSPS) is 43.8. The second-order valence-electron chi connectivity index (χ2n) is 12.0. The molecular weight excluding hydrogens is 372 g/mol. The van der Waals surface area contributed by atoms with Crippen molar-refractivity contribution < 1.29 is 14.7 Å². The number of carbonyl (C=O) groups is 2. The average Bonchev–Trinajstić information content (AvgIpc) is 3.02. The lowest BCUT2D eigenvalue weighted by Gasteiger charge is -2.59. The maximum Gasteiger partial charge on any atom is 0.306 e. The molecule has 0 unspecified atom stereocenters. The predicted octanol–water partition coefficient (Wildman–Crippen LogP) is 6.52. The Morgan fingerprint density at radius 3 is 2.57 bits per heavy atom. The maximum absolute atomic E-state index is 12.3. The number of carboxylic acid groups (broad SMARTS) is 1. The van der Waals surface area contributed by atoms with E-state index >= 15 is 0 Å². The van der Waals surface area contributed by atoms with Crippen LogP contribution in [-0.4, -0.2) is 16.9 Å². The Labute approximate surface area is 183 Å². The summed E-state index contributed by atoms with van der Waals surface area (Å²) in [5.74, 6) is 3.11. The topological polar surface area (TPSA) is 54.4 Å². The third-order valence-electron chi connectivity index (χ3n) is 10.2. The molecule has 3 saturated carbocycles. The summed E-state index contributed by atoms with van der Waals surface area (Å²) in [5, 5.41) is 10.1. The van der Waals surface area contributed by atoms with Crippen molar-refractivity contribution in [3.63, 3.8) is 0 Å². The van der Waals surface area contributed by atoms with Gasteiger partial charge >= 0.3 is 5.97 Å². The van der Waals surface area contributed by atoms with Gasteiger partial charge in [0.05, 0.1) is 5.92 Å². The standard InChI is InChI=1S/C27H42O3/c1-17(2)6-5-7-21(25(29)30)23-11-10-22-20-9-8-18-16-19(28)12-14-26(18,3)24(20)13-15-27(22,23)4/h12,14,17-18,20-24H,5-11,13,15-16H2,1-4H3,(H,29,30)/t18-,20-,21+,22-,23+,24-,26-,27-/m0/s1. The van der Waals surface area contributed by atoms with Gasteiger partial charge in [-0.2, -0.15) is 0 Å². The van der Waals surface area contributed by atoms with Crippen molar-refractivity contribution in [1.82, 2.24) is 0 Å². The van der Waals surface area contributed by atoms with Crippen LogP contribution in [0.3, 0.4) is 0 Å². The van der Waals surface area contributed by atoms with Crippen LogP contribution in [0.5, 0.6) is 0 Å². The van der Waals surface area contributed by atoms with Crippen molar-refractivity contribution in [2.24, 2.45) is 52.3 Å². The van der Waals surface area contributed by atoms with E-state index in [2.05, 4.69) is 33.8 Å². The van der Waals surface area contributed by atoms with Crippen LogP contribution in [0, 0.1) is 52.3 Å². The number of carboxylic acids is 1. The number of carbonyl (C=O) groups excluding carboxylic acids is 1. The van der Waals surface area contributed by atoms with Gasteiger partial charge in [0.25, 0.3) is 0 Å². The van der Waals surface area contributed by atoms with Gasteiger partial charge in [0.2, 0.25) is 0 Å². The van der Waals surface area contributed by atoms with Crippen molar-refractivity contribution in [2.75, 3.05) is 0 Å². The molecule has 168 valence electrons. The molecule has 30 heavy (non-hydrogen) atoms. The summed E-state index contributed by atoms with van der Waals surface area (Å²) in [6, 6.07) is 0. The average molecular weight is 415 g/mol. The van der Waals surface area contributed by atoms with Gasteiger partial charge in [-0.15, -0.1) is 0 Å². The molecule has 8 atom stereocenters. The van der Waals surface area contributed by atoms with Crippen LogP contribution in [0.15, 0.2) is 12.2 Å². The fourth-order valence-electron chi connectivity index (χ4n) is 8.58. The van der Waals surface area contributed by atoms with E-state index in [0.717, 1.165) is 32.1 Å². The van der Waals surface area contributed by atoms with E-state index in [0.29, 0.717) is 41.3 Å². The van der Waals surface area contributed by atoms with Crippen LogP contribution in [0.4, 0.5) is 0 Å². The van der Waals surface area contributed by atoms with E-state index in [1.54, 1.807) is 0 Å². The molecule has 0 radical (unpaired) electrons. The van der Waals surface area contributed by atoms with Crippen LogP contribution in [0.1, 0.15) is 91.9 Å². The van der Waals surface area contributed by atoms with E-state index in [4.69, 9.17) is 0 Å². The molecule has 0 spiro atoms. The molecule has 4 rings (SSSR count). The predicted molar refractivity (Wildman–Crippen MR) is 120 cm³/mol. The van der Waals surface area contributed by atoms with E-state index < -0.39 is 5.97 Å². The first kappa shape index (κ1) is 22.1. The summed E-state index contributed by atoms with van der Waals surface area (Å²) in [5.41, 5.74) is 0.346. The van der Waals surface area contributed by atoms with Crippen molar-refractivity contribution in [2.45, 2.75) is 91.9 Å². The Morgan fingerprint density at radius 1 is 1.10 bits per heavy atom. The highest BCUT2D eigenvalue weighted by molar-refractivity contribution is 5.91. The van der Waals surface area contributed by atoms with E-state index in [-0.39, 0.29) is 16.7 Å². The van der Waals surface area contributed by atoms with E-state index in [1.165, 1.54) is 32.1 Å². The number of hydrogen-bond acceptors (Lipinski definition) is 2. The molecule has 4 aliphatic rings. The molecule has 0 aromatic rings. The third-order valence-corrected chi connectivity index (χ3v) is 10.2. The number of aliphatic carboxylic acids is 1. The molecule has 0 heterocycles. The smallest absolute Gasteiger partial charge is 0.306 e. The first-order valence-corrected chi connectivity index (χ1v) is 12.6. The first-order valence-electron chi connectivity index (χ1n) is 12.6. The first-order chi connectivity index (χ1) is 14.2. The molecule has 4 aliphatic carbocycles. The van der Waals surface area contributed by atoms with Gasteiger partial charge in [-0.3, -0.25) is 9.59 Å². The molecule has 3 nitrogen and oxygen atoms in total. The van der Waals surface area contributed by atoms with Gasteiger partial charge in [0.15, 0.2) is 5.78 Å². The van der Waals surface area contributed by atoms with E-state index in [1.807, 2.05) is 6.08 Å². The van der Waals surface area contributed by atoms with Crippen molar-refractivity contribution in [3.05, 3.63) is 12.2 Å². The Balaban J connectivity index is 1.54. The second kappa shape index (κ2) is 8.10. The number of ketones is 1. The minimum Gasteiger partial charge on any atom is -0.481 e. The lowest BCUT2D eigenvalue weighted by molar-refractivity contribution is -0.148. The fourth-order valence-corrected chi connectivity index (χ4v) is 8.58. The van der Waals surface area contributed by atoms with Gasteiger partial charge in [-0.25, -0.2) is 0 Å². The van der Waals surface area contributed by atoms with Crippen molar-refractivity contribution in [1.29, 1.82) is 0 Å². The Morgan fingerprint density at radius 2 is 1.87 bits per heavy atom. The molecule has 0 saturated heterocycles. The Hall–Kier alpha value is -1.12. The number of rotatable bonds is 6. The lowest BCUT2D eigenvalue weighted by atomic mass is 9.45. The summed E-state index contributed by atoms with van der Waals surface area (Å²) in [4.78, 5) is 24.3. The zero-order valence-corrected chi connectivity index (χ0v) is 19.5. The lowest BCUT2D eigenvalue weighted by Crippen LogP contribution is -2.53. The molecular formula is C27H42O3. The molecule has 3 heteroatoms. The monoisotopic (exact) mass is 414 g/mol. The molecule has 0 aliphatic heterocycles. The summed E-state index contributed by atoms with van der Waals surface area (Å²) in [7, 11) is 0. The maximum atomic E-state index is 12.3. The van der Waals surface area contributed by atoms with Crippen LogP contribution in [-0.2, 0) is 9.59 Å². The third kappa shape index (κ3) is 3.58.